The van der Waals surface area contributed by atoms with Gasteiger partial charge in [-0.2, -0.15) is 0 Å². The first-order valence-electron chi connectivity index (χ1n) is 7.13. The molecule has 0 aromatic heterocycles. The van der Waals surface area contributed by atoms with Gasteiger partial charge in [-0.25, -0.2) is 0 Å². The molecular weight excluding hydrogens is 236 g/mol. The summed E-state index contributed by atoms with van der Waals surface area (Å²) >= 11 is 0. The summed E-state index contributed by atoms with van der Waals surface area (Å²) in [7, 11) is 1.79. The van der Waals surface area contributed by atoms with Crippen LogP contribution in [0.15, 0.2) is 36.7 Å². The summed E-state index contributed by atoms with van der Waals surface area (Å²) in [6, 6.07) is 0. The summed E-state index contributed by atoms with van der Waals surface area (Å²) in [6.07, 6.45) is 8.52. The topological polar surface area (TPSA) is 41.1 Å². The van der Waals surface area contributed by atoms with E-state index < -0.39 is 0 Å². The van der Waals surface area contributed by atoms with Gasteiger partial charge in [-0.1, -0.05) is 53.2 Å². The van der Waals surface area contributed by atoms with Crippen LogP contribution < -0.4 is 10.6 Å². The van der Waals surface area contributed by atoms with Gasteiger partial charge in [0, 0.05) is 24.9 Å². The van der Waals surface area contributed by atoms with Crippen molar-refractivity contribution in [3.63, 3.8) is 0 Å². The van der Waals surface area contributed by atoms with Gasteiger partial charge in [0.25, 0.3) is 0 Å². The first-order valence-corrected chi connectivity index (χ1v) is 7.13. The smallest absolute Gasteiger partial charge is 0.224 e. The molecule has 0 fully saturated rings. The number of carbonyl (C=O) groups is 1. The molecule has 0 aliphatic carbocycles. The van der Waals surface area contributed by atoms with Crippen molar-refractivity contribution in [2.45, 2.75) is 52.9 Å². The Bertz CT molecular complexity index is 293. The maximum Gasteiger partial charge on any atom is 0.224 e. The van der Waals surface area contributed by atoms with Crippen molar-refractivity contribution >= 4 is 5.91 Å². The van der Waals surface area contributed by atoms with Gasteiger partial charge in [0.15, 0.2) is 0 Å². The lowest BCUT2D eigenvalue weighted by Gasteiger charge is -2.04. The lowest BCUT2D eigenvalue weighted by atomic mass is 10.1. The first-order chi connectivity index (χ1) is 9.10. The van der Waals surface area contributed by atoms with Crippen molar-refractivity contribution in [3.05, 3.63) is 36.7 Å². The van der Waals surface area contributed by atoms with Crippen LogP contribution in [0, 0.1) is 0 Å². The number of likely N-dealkylation sites (N-methyl/N-ethyl adjacent to an activating group) is 1. The lowest BCUT2D eigenvalue weighted by molar-refractivity contribution is -0.120. The second-order valence-corrected chi connectivity index (χ2v) is 3.99. The summed E-state index contributed by atoms with van der Waals surface area (Å²) in [6.45, 7) is 13.7. The molecule has 0 saturated carbocycles. The normalized spacial score (nSPS) is 9.47. The van der Waals surface area contributed by atoms with Crippen molar-refractivity contribution in [2.24, 2.45) is 0 Å². The van der Waals surface area contributed by atoms with Crippen LogP contribution >= 0.6 is 0 Å². The molecule has 0 bridgehead atoms. The van der Waals surface area contributed by atoms with Gasteiger partial charge in [-0.05, 0) is 18.6 Å². The predicted molar refractivity (Wildman–Crippen MR) is 84.7 cm³/mol. The molecule has 3 nitrogen and oxygen atoms in total. The minimum Gasteiger partial charge on any atom is -0.389 e. The Hall–Kier alpha value is -1.51. The van der Waals surface area contributed by atoms with E-state index in [4.69, 9.17) is 0 Å². The van der Waals surface area contributed by atoms with E-state index in [1.165, 1.54) is 12.8 Å². The predicted octanol–water partition coefficient (Wildman–Crippen LogP) is 3.90. The number of allylic oxidation sites excluding steroid dienone is 2. The van der Waals surface area contributed by atoms with Crippen LogP contribution in [0.2, 0.25) is 0 Å². The molecule has 2 N–H and O–H groups in total. The number of unbranched alkanes of at least 4 members (excludes halogenated alkanes) is 3. The Labute approximate surface area is 118 Å². The number of nitrogens with one attached hydrogen (secondary N) is 2. The minimum atomic E-state index is 0.0332. The van der Waals surface area contributed by atoms with Gasteiger partial charge in [0.1, 0.15) is 0 Å². The molecule has 0 heterocycles. The average molecular weight is 266 g/mol. The van der Waals surface area contributed by atoms with E-state index in [0.29, 0.717) is 12.1 Å². The fourth-order valence-electron chi connectivity index (χ4n) is 1.28. The standard InChI is InChI=1S/C14H24N2O.C2H6/c1-5-6-7-8-9-14(17)16-13(3)11-10-12(2)15-4;1-2/h10-11,15H,2-3,5-9H2,1,4H3,(H,16,17);1-2H3/b11-10-;. The van der Waals surface area contributed by atoms with Crippen molar-refractivity contribution in [1.29, 1.82) is 0 Å². The summed E-state index contributed by atoms with van der Waals surface area (Å²) in [5.41, 5.74) is 1.38. The molecule has 0 radical (unpaired) electrons. The molecule has 0 atom stereocenters. The first kappa shape index (κ1) is 19.8. The number of rotatable bonds is 9. The molecule has 110 valence electrons. The molecule has 1 amide bonds. The maximum atomic E-state index is 11.5. The molecule has 0 saturated heterocycles. The summed E-state index contributed by atoms with van der Waals surface area (Å²) in [5, 5.41) is 5.63. The monoisotopic (exact) mass is 266 g/mol. The van der Waals surface area contributed by atoms with Crippen LogP contribution in [0.4, 0.5) is 0 Å². The van der Waals surface area contributed by atoms with Gasteiger partial charge >= 0.3 is 0 Å². The van der Waals surface area contributed by atoms with Crippen LogP contribution in [-0.4, -0.2) is 13.0 Å². The zero-order chi connectivity index (χ0) is 15.1. The Morgan fingerprint density at radius 3 is 2.16 bits per heavy atom. The lowest BCUT2D eigenvalue weighted by Crippen LogP contribution is -2.20. The third-order valence-corrected chi connectivity index (χ3v) is 2.36. The second kappa shape index (κ2) is 14.6. The molecule has 0 unspecified atom stereocenters. The number of hydrogen-bond acceptors (Lipinski definition) is 2. The summed E-state index contributed by atoms with van der Waals surface area (Å²) < 4.78 is 0. The van der Waals surface area contributed by atoms with Gasteiger partial charge in [0.05, 0.1) is 0 Å². The largest absolute Gasteiger partial charge is 0.389 e. The van der Waals surface area contributed by atoms with Crippen molar-refractivity contribution in [3.8, 4) is 0 Å². The highest BCUT2D eigenvalue weighted by Crippen LogP contribution is 2.02. The maximum absolute atomic E-state index is 11.5. The van der Waals surface area contributed by atoms with Crippen LogP contribution in [0.25, 0.3) is 0 Å². The van der Waals surface area contributed by atoms with Gasteiger partial charge in [-0.3, -0.25) is 4.79 Å². The molecule has 3 heteroatoms. The Morgan fingerprint density at radius 2 is 1.63 bits per heavy atom. The van der Waals surface area contributed by atoms with E-state index >= 15 is 0 Å². The number of amides is 1. The highest BCUT2D eigenvalue weighted by Gasteiger charge is 2.00. The molecule has 0 spiro atoms. The Morgan fingerprint density at radius 1 is 1.05 bits per heavy atom. The van der Waals surface area contributed by atoms with Gasteiger partial charge < -0.3 is 10.6 Å². The molecule has 19 heavy (non-hydrogen) atoms. The SMILES string of the molecule is C=C(/C=C\C(=C)NC(=O)CCCCCC)NC.CC. The summed E-state index contributed by atoms with van der Waals surface area (Å²) in [4.78, 5) is 11.5. The van der Waals surface area contributed by atoms with Crippen molar-refractivity contribution in [2.75, 3.05) is 7.05 Å². The highest BCUT2D eigenvalue weighted by molar-refractivity contribution is 5.78. The van der Waals surface area contributed by atoms with Crippen molar-refractivity contribution in [1.82, 2.24) is 10.6 Å². The van der Waals surface area contributed by atoms with Gasteiger partial charge in [-0.15, -0.1) is 0 Å². The van der Waals surface area contributed by atoms with Crippen molar-refractivity contribution < 1.29 is 4.79 Å². The van der Waals surface area contributed by atoms with Crippen LogP contribution in [0.1, 0.15) is 52.9 Å². The minimum absolute atomic E-state index is 0.0332. The molecule has 0 aliphatic heterocycles. The Kier molecular flexibility index (Phi) is 15.2. The summed E-state index contributed by atoms with van der Waals surface area (Å²) in [5.74, 6) is 0.0332. The van der Waals surface area contributed by atoms with E-state index in [2.05, 4.69) is 30.7 Å². The fourth-order valence-corrected chi connectivity index (χ4v) is 1.28. The van der Waals surface area contributed by atoms with E-state index in [0.717, 1.165) is 18.5 Å². The third-order valence-electron chi connectivity index (χ3n) is 2.36. The zero-order valence-corrected chi connectivity index (χ0v) is 13.0. The molecule has 0 rings (SSSR count). The quantitative estimate of drug-likeness (QED) is 0.491. The molecule has 0 aromatic carbocycles. The second-order valence-electron chi connectivity index (χ2n) is 3.99. The van der Waals surface area contributed by atoms with E-state index in [-0.39, 0.29) is 5.91 Å². The van der Waals surface area contributed by atoms with E-state index in [1.807, 2.05) is 13.8 Å². The molecule has 0 aliphatic rings. The van der Waals surface area contributed by atoms with E-state index in [1.54, 1.807) is 19.2 Å². The van der Waals surface area contributed by atoms with E-state index in [9.17, 15) is 4.79 Å². The number of hydrogen-bond donors (Lipinski definition) is 2. The van der Waals surface area contributed by atoms with Gasteiger partial charge in [0.2, 0.25) is 5.91 Å². The molecular formula is C16H30N2O. The van der Waals surface area contributed by atoms with Crippen LogP contribution in [0.5, 0.6) is 0 Å². The Balaban J connectivity index is 0. The highest BCUT2D eigenvalue weighted by atomic mass is 16.1. The average Bonchev–Trinajstić information content (AvgIpc) is 2.43. The number of carbonyl (C=O) groups excluding carboxylic acids is 1. The van der Waals surface area contributed by atoms with Crippen LogP contribution in [0.3, 0.4) is 0 Å². The fraction of sp³-hybridized carbons (Fsp3) is 0.562. The zero-order valence-electron chi connectivity index (χ0n) is 13.0. The van der Waals surface area contributed by atoms with Crippen LogP contribution in [-0.2, 0) is 4.79 Å². The third kappa shape index (κ3) is 14.4. The molecule has 0 aromatic rings.